The maximum atomic E-state index is 11.3. The molecule has 0 bridgehead atoms. The molecule has 5 nitrogen and oxygen atoms in total. The zero-order valence-corrected chi connectivity index (χ0v) is 11.6. The summed E-state index contributed by atoms with van der Waals surface area (Å²) in [7, 11) is 1.55. The lowest BCUT2D eigenvalue weighted by molar-refractivity contribution is -0.146. The maximum absolute atomic E-state index is 11.3. The zero-order chi connectivity index (χ0) is 13.5. The Bertz CT molecular complexity index is 421. The van der Waals surface area contributed by atoms with Crippen LogP contribution in [0.25, 0.3) is 0 Å². The van der Waals surface area contributed by atoms with Crippen LogP contribution >= 0.6 is 22.9 Å². The number of thiophene rings is 1. The Morgan fingerprint density at radius 1 is 1.50 bits per heavy atom. The van der Waals surface area contributed by atoms with Crippen LogP contribution in [0.15, 0.2) is 12.1 Å². The van der Waals surface area contributed by atoms with Crippen molar-refractivity contribution in [1.29, 1.82) is 0 Å². The molecule has 1 aromatic rings. The Labute approximate surface area is 114 Å². The van der Waals surface area contributed by atoms with Gasteiger partial charge in [-0.3, -0.25) is 9.59 Å². The van der Waals surface area contributed by atoms with Gasteiger partial charge in [0, 0.05) is 25.5 Å². The highest BCUT2D eigenvalue weighted by Crippen LogP contribution is 2.28. The molecule has 0 saturated carbocycles. The lowest BCUT2D eigenvalue weighted by Gasteiger charge is -2.14. The number of hydrogen-bond donors (Lipinski definition) is 1. The Morgan fingerprint density at radius 3 is 2.72 bits per heavy atom. The van der Waals surface area contributed by atoms with E-state index >= 15 is 0 Å². The van der Waals surface area contributed by atoms with Gasteiger partial charge in [-0.15, -0.1) is 11.3 Å². The predicted molar refractivity (Wildman–Crippen MR) is 68.7 cm³/mol. The molecule has 0 aliphatic rings. The lowest BCUT2D eigenvalue weighted by atomic mass is 10.3. The Hall–Kier alpha value is -1.11. The van der Waals surface area contributed by atoms with Crippen molar-refractivity contribution in [2.45, 2.75) is 13.0 Å². The molecule has 1 aromatic heterocycles. The number of methoxy groups -OCH3 is 1. The third-order valence-electron chi connectivity index (χ3n) is 2.09. The van der Waals surface area contributed by atoms with Crippen LogP contribution in [0.3, 0.4) is 0 Å². The largest absolute Gasteiger partial charge is 0.456 e. The Morgan fingerprint density at radius 2 is 2.22 bits per heavy atom. The summed E-state index contributed by atoms with van der Waals surface area (Å²) in [6.07, 6.45) is -0.260. The van der Waals surface area contributed by atoms with Gasteiger partial charge in [0.15, 0.2) is 6.61 Å². The molecule has 100 valence electrons. The summed E-state index contributed by atoms with van der Waals surface area (Å²) in [6.45, 7) is 1.27. The van der Waals surface area contributed by atoms with E-state index in [1.54, 1.807) is 13.2 Å². The van der Waals surface area contributed by atoms with Gasteiger partial charge in [-0.1, -0.05) is 11.6 Å². The molecule has 0 aliphatic heterocycles. The van der Waals surface area contributed by atoms with Gasteiger partial charge in [0.1, 0.15) is 6.10 Å². The monoisotopic (exact) mass is 291 g/mol. The van der Waals surface area contributed by atoms with Crippen LogP contribution in [0.4, 0.5) is 0 Å². The number of carbonyl (C=O) groups is 2. The zero-order valence-electron chi connectivity index (χ0n) is 10.1. The van der Waals surface area contributed by atoms with E-state index in [0.717, 1.165) is 4.88 Å². The Kier molecular flexibility index (Phi) is 6.11. The van der Waals surface area contributed by atoms with E-state index in [4.69, 9.17) is 16.3 Å². The second-order valence-corrected chi connectivity index (χ2v) is 5.20. The van der Waals surface area contributed by atoms with Gasteiger partial charge in [-0.25, -0.2) is 0 Å². The summed E-state index contributed by atoms with van der Waals surface area (Å²) < 4.78 is 10.5. The van der Waals surface area contributed by atoms with E-state index in [9.17, 15) is 9.59 Å². The molecule has 1 N–H and O–H groups in total. The fraction of sp³-hybridized carbons (Fsp3) is 0.455. The molecular weight excluding hydrogens is 278 g/mol. The van der Waals surface area contributed by atoms with Crippen molar-refractivity contribution >= 4 is 34.8 Å². The minimum absolute atomic E-state index is 0.260. The maximum Gasteiger partial charge on any atom is 0.303 e. The second kappa shape index (κ2) is 7.35. The average molecular weight is 292 g/mol. The first-order valence-corrected chi connectivity index (χ1v) is 6.40. The van der Waals surface area contributed by atoms with Gasteiger partial charge >= 0.3 is 5.97 Å². The van der Waals surface area contributed by atoms with Gasteiger partial charge < -0.3 is 14.8 Å². The fourth-order valence-corrected chi connectivity index (χ4v) is 2.36. The molecule has 0 radical (unpaired) electrons. The number of halogens is 1. The van der Waals surface area contributed by atoms with Gasteiger partial charge in [-0.2, -0.15) is 0 Å². The standard InChI is InChI=1S/C11H14ClNO4S/c1-7(14)17-6-11(15)13-5-8(16-2)9-3-4-10(12)18-9/h3-4,8H,5-6H2,1-2H3,(H,13,15)/t8-/m0/s1. The number of carbonyl (C=O) groups excluding carboxylic acids is 2. The summed E-state index contributed by atoms with van der Waals surface area (Å²) in [5, 5.41) is 2.62. The van der Waals surface area contributed by atoms with Gasteiger partial charge in [-0.05, 0) is 12.1 Å². The fourth-order valence-electron chi connectivity index (χ4n) is 1.23. The molecule has 1 amide bonds. The highest BCUT2D eigenvalue weighted by atomic mass is 35.5. The van der Waals surface area contributed by atoms with Gasteiger partial charge in [0.05, 0.1) is 4.34 Å². The number of rotatable bonds is 6. The summed E-state index contributed by atoms with van der Waals surface area (Å²) in [5.74, 6) is -0.853. The predicted octanol–water partition coefficient (Wildman–Crippen LogP) is 1.77. The van der Waals surface area contributed by atoms with Crippen LogP contribution in [0.5, 0.6) is 0 Å². The van der Waals surface area contributed by atoms with Crippen molar-refractivity contribution in [2.75, 3.05) is 20.3 Å². The average Bonchev–Trinajstić information content (AvgIpc) is 2.74. The van der Waals surface area contributed by atoms with E-state index < -0.39 is 5.97 Å². The molecule has 7 heteroatoms. The second-order valence-electron chi connectivity index (χ2n) is 3.45. The normalized spacial score (nSPS) is 11.9. The van der Waals surface area contributed by atoms with Crippen LogP contribution in [0.2, 0.25) is 4.34 Å². The number of hydrogen-bond acceptors (Lipinski definition) is 5. The summed E-state index contributed by atoms with van der Waals surface area (Å²) in [4.78, 5) is 22.8. The first-order chi connectivity index (χ1) is 8.52. The van der Waals surface area contributed by atoms with E-state index in [1.165, 1.54) is 18.3 Å². The minimum atomic E-state index is -0.488. The quantitative estimate of drug-likeness (QED) is 0.811. The van der Waals surface area contributed by atoms with Crippen molar-refractivity contribution in [3.05, 3.63) is 21.3 Å². The number of amides is 1. The summed E-state index contributed by atoms with van der Waals surface area (Å²) >= 11 is 7.22. The number of nitrogens with one attached hydrogen (secondary N) is 1. The topological polar surface area (TPSA) is 64.6 Å². The van der Waals surface area contributed by atoms with Crippen molar-refractivity contribution in [2.24, 2.45) is 0 Å². The van der Waals surface area contributed by atoms with E-state index in [0.29, 0.717) is 10.9 Å². The Balaban J connectivity index is 2.40. The number of ether oxygens (including phenoxy) is 2. The molecule has 0 spiro atoms. The molecular formula is C11H14ClNO4S. The molecule has 1 heterocycles. The van der Waals surface area contributed by atoms with E-state index in [2.05, 4.69) is 10.1 Å². The molecule has 0 saturated heterocycles. The molecule has 18 heavy (non-hydrogen) atoms. The minimum Gasteiger partial charge on any atom is -0.456 e. The van der Waals surface area contributed by atoms with Crippen molar-refractivity contribution < 1.29 is 19.1 Å². The van der Waals surface area contributed by atoms with Crippen molar-refractivity contribution in [1.82, 2.24) is 5.32 Å². The van der Waals surface area contributed by atoms with Crippen molar-refractivity contribution in [3.8, 4) is 0 Å². The molecule has 0 aromatic carbocycles. The SMILES string of the molecule is CO[C@@H](CNC(=O)COC(C)=O)c1ccc(Cl)s1. The van der Waals surface area contributed by atoms with Crippen LogP contribution in [0, 0.1) is 0 Å². The van der Waals surface area contributed by atoms with Crippen LogP contribution in [-0.2, 0) is 19.1 Å². The van der Waals surface area contributed by atoms with Crippen LogP contribution in [0.1, 0.15) is 17.9 Å². The smallest absolute Gasteiger partial charge is 0.303 e. The van der Waals surface area contributed by atoms with Crippen molar-refractivity contribution in [3.63, 3.8) is 0 Å². The van der Waals surface area contributed by atoms with Crippen LogP contribution in [-0.4, -0.2) is 32.1 Å². The molecule has 1 atom stereocenters. The van der Waals surface area contributed by atoms with Gasteiger partial charge in [0.2, 0.25) is 0 Å². The first-order valence-electron chi connectivity index (χ1n) is 5.21. The highest BCUT2D eigenvalue weighted by molar-refractivity contribution is 7.16. The first kappa shape index (κ1) is 14.9. The van der Waals surface area contributed by atoms with Crippen LogP contribution < -0.4 is 5.32 Å². The third-order valence-corrected chi connectivity index (χ3v) is 3.41. The molecule has 1 rings (SSSR count). The number of esters is 1. The molecule has 0 unspecified atom stereocenters. The third kappa shape index (κ3) is 5.03. The summed E-state index contributed by atoms with van der Waals surface area (Å²) in [5.41, 5.74) is 0. The van der Waals surface area contributed by atoms with E-state index in [1.807, 2.05) is 6.07 Å². The highest BCUT2D eigenvalue weighted by Gasteiger charge is 2.14. The molecule has 0 fully saturated rings. The van der Waals surface area contributed by atoms with E-state index in [-0.39, 0.29) is 18.6 Å². The van der Waals surface area contributed by atoms with Gasteiger partial charge in [0.25, 0.3) is 5.91 Å². The summed E-state index contributed by atoms with van der Waals surface area (Å²) in [6, 6.07) is 3.62. The molecule has 0 aliphatic carbocycles. The lowest BCUT2D eigenvalue weighted by Crippen LogP contribution is -2.32.